The van der Waals surface area contributed by atoms with E-state index in [-0.39, 0.29) is 10.7 Å². The van der Waals surface area contributed by atoms with E-state index in [0.29, 0.717) is 23.7 Å². The van der Waals surface area contributed by atoms with Crippen molar-refractivity contribution in [1.29, 1.82) is 0 Å². The van der Waals surface area contributed by atoms with Crippen LogP contribution in [0.4, 0.5) is 11.6 Å². The predicted molar refractivity (Wildman–Crippen MR) is 102 cm³/mol. The number of methoxy groups -OCH3 is 1. The molecule has 3 aromatic rings. The first-order valence-electron chi connectivity index (χ1n) is 8.12. The third kappa shape index (κ3) is 4.70. The summed E-state index contributed by atoms with van der Waals surface area (Å²) in [6.07, 6.45) is 3.42. The third-order valence-electron chi connectivity index (χ3n) is 3.80. The topological polar surface area (TPSA) is 106 Å². The molecule has 2 aromatic heterocycles. The first-order valence-corrected chi connectivity index (χ1v) is 9.60. The lowest BCUT2D eigenvalue weighted by molar-refractivity contribution is 0.414. The van der Waals surface area contributed by atoms with E-state index in [9.17, 15) is 8.42 Å². The van der Waals surface area contributed by atoms with E-state index >= 15 is 0 Å². The van der Waals surface area contributed by atoms with Crippen LogP contribution in [0.5, 0.6) is 5.75 Å². The van der Waals surface area contributed by atoms with Crippen molar-refractivity contribution in [1.82, 2.24) is 15.2 Å². The fraction of sp³-hybridized carbons (Fsp3) is 0.167. The molecule has 9 heteroatoms. The SMILES string of the molecule is COc1ccc(S(=O)(=O)Nc2ccc(NCc3ccncc3)nn2)c(C)c1. The molecular formula is C18H19N5O3S. The molecule has 0 aliphatic heterocycles. The van der Waals surface area contributed by atoms with Gasteiger partial charge in [-0.1, -0.05) is 0 Å². The van der Waals surface area contributed by atoms with E-state index in [0.717, 1.165) is 5.56 Å². The van der Waals surface area contributed by atoms with Gasteiger partial charge >= 0.3 is 0 Å². The minimum Gasteiger partial charge on any atom is -0.497 e. The van der Waals surface area contributed by atoms with Crippen LogP contribution in [-0.2, 0) is 16.6 Å². The molecule has 0 amide bonds. The predicted octanol–water partition coefficient (Wildman–Crippen LogP) is 2.60. The van der Waals surface area contributed by atoms with E-state index in [1.54, 1.807) is 43.6 Å². The fourth-order valence-electron chi connectivity index (χ4n) is 2.42. The first kappa shape index (κ1) is 18.6. The van der Waals surface area contributed by atoms with Gasteiger partial charge < -0.3 is 10.1 Å². The Hall–Kier alpha value is -3.20. The Balaban J connectivity index is 1.68. The summed E-state index contributed by atoms with van der Waals surface area (Å²) < 4.78 is 32.7. The van der Waals surface area contributed by atoms with Crippen LogP contribution >= 0.6 is 0 Å². The summed E-state index contributed by atoms with van der Waals surface area (Å²) in [6, 6.07) is 11.7. The number of anilines is 2. The zero-order chi connectivity index (χ0) is 19.3. The van der Waals surface area contributed by atoms with Crippen LogP contribution in [0.2, 0.25) is 0 Å². The van der Waals surface area contributed by atoms with E-state index in [1.165, 1.54) is 13.2 Å². The zero-order valence-electron chi connectivity index (χ0n) is 14.9. The molecule has 0 atom stereocenters. The normalized spacial score (nSPS) is 11.0. The first-order chi connectivity index (χ1) is 13.0. The summed E-state index contributed by atoms with van der Waals surface area (Å²) in [7, 11) is -2.24. The summed E-state index contributed by atoms with van der Waals surface area (Å²) in [5.74, 6) is 1.27. The largest absolute Gasteiger partial charge is 0.497 e. The van der Waals surface area contributed by atoms with Crippen LogP contribution < -0.4 is 14.8 Å². The number of aromatic nitrogens is 3. The number of aryl methyl sites for hydroxylation is 1. The average Bonchev–Trinajstić information content (AvgIpc) is 2.67. The molecule has 140 valence electrons. The number of hydrogen-bond acceptors (Lipinski definition) is 7. The lowest BCUT2D eigenvalue weighted by Crippen LogP contribution is -2.15. The monoisotopic (exact) mass is 385 g/mol. The molecule has 8 nitrogen and oxygen atoms in total. The van der Waals surface area contributed by atoms with Gasteiger partial charge in [0.2, 0.25) is 0 Å². The van der Waals surface area contributed by atoms with Crippen molar-refractivity contribution in [3.63, 3.8) is 0 Å². The van der Waals surface area contributed by atoms with Crippen LogP contribution in [0.3, 0.4) is 0 Å². The zero-order valence-corrected chi connectivity index (χ0v) is 15.7. The lowest BCUT2D eigenvalue weighted by Gasteiger charge is -2.11. The van der Waals surface area contributed by atoms with Crippen molar-refractivity contribution in [2.24, 2.45) is 0 Å². The molecule has 2 N–H and O–H groups in total. The molecule has 0 fully saturated rings. The summed E-state index contributed by atoms with van der Waals surface area (Å²) in [6.45, 7) is 2.27. The smallest absolute Gasteiger partial charge is 0.263 e. The number of nitrogens with zero attached hydrogens (tertiary/aromatic N) is 3. The minimum absolute atomic E-state index is 0.139. The van der Waals surface area contributed by atoms with E-state index < -0.39 is 10.0 Å². The Bertz CT molecular complexity index is 1010. The molecule has 0 bridgehead atoms. The van der Waals surface area contributed by atoms with Gasteiger partial charge in [0, 0.05) is 18.9 Å². The van der Waals surface area contributed by atoms with Crippen molar-refractivity contribution < 1.29 is 13.2 Å². The fourth-order valence-corrected chi connectivity index (χ4v) is 3.64. The summed E-state index contributed by atoms with van der Waals surface area (Å²) in [4.78, 5) is 4.12. The summed E-state index contributed by atoms with van der Waals surface area (Å²) >= 11 is 0. The average molecular weight is 385 g/mol. The van der Waals surface area contributed by atoms with Crippen molar-refractivity contribution in [3.8, 4) is 5.75 Å². The van der Waals surface area contributed by atoms with Gasteiger partial charge in [0.15, 0.2) is 5.82 Å². The molecule has 0 saturated heterocycles. The Labute approximate surface area is 157 Å². The van der Waals surface area contributed by atoms with Crippen molar-refractivity contribution >= 4 is 21.7 Å². The molecule has 0 aliphatic rings. The molecule has 0 radical (unpaired) electrons. The van der Waals surface area contributed by atoms with Gasteiger partial charge in [0.1, 0.15) is 11.6 Å². The molecule has 2 heterocycles. The van der Waals surface area contributed by atoms with E-state index in [4.69, 9.17) is 4.74 Å². The van der Waals surface area contributed by atoms with Crippen LogP contribution in [0.1, 0.15) is 11.1 Å². The highest BCUT2D eigenvalue weighted by atomic mass is 32.2. The maximum absolute atomic E-state index is 12.6. The highest BCUT2D eigenvalue weighted by molar-refractivity contribution is 7.92. The Kier molecular flexibility index (Phi) is 5.51. The number of sulfonamides is 1. The molecule has 27 heavy (non-hydrogen) atoms. The van der Waals surface area contributed by atoms with Gasteiger partial charge in [-0.25, -0.2) is 8.42 Å². The number of hydrogen-bond donors (Lipinski definition) is 2. The highest BCUT2D eigenvalue weighted by Crippen LogP contribution is 2.22. The molecule has 0 spiro atoms. The van der Waals surface area contributed by atoms with Crippen molar-refractivity contribution in [3.05, 3.63) is 66.0 Å². The molecule has 1 aromatic carbocycles. The minimum atomic E-state index is -3.77. The number of rotatable bonds is 7. The van der Waals surface area contributed by atoms with E-state index in [1.807, 2.05) is 12.1 Å². The van der Waals surface area contributed by atoms with Crippen molar-refractivity contribution in [2.75, 3.05) is 17.1 Å². The quantitative estimate of drug-likeness (QED) is 0.644. The molecule has 0 aliphatic carbocycles. The number of benzene rings is 1. The number of nitrogens with one attached hydrogen (secondary N) is 2. The van der Waals surface area contributed by atoms with E-state index in [2.05, 4.69) is 25.2 Å². The Morgan fingerprint density at radius 2 is 1.70 bits per heavy atom. The Morgan fingerprint density at radius 3 is 2.33 bits per heavy atom. The van der Waals surface area contributed by atoms with Crippen LogP contribution in [-0.4, -0.2) is 30.7 Å². The maximum Gasteiger partial charge on any atom is 0.263 e. The summed E-state index contributed by atoms with van der Waals surface area (Å²) in [5, 5.41) is 11.0. The second kappa shape index (κ2) is 8.00. The Morgan fingerprint density at radius 1 is 1.00 bits per heavy atom. The standard InChI is InChI=1S/C18H19N5O3S/c1-13-11-15(26-2)3-4-16(13)27(24,25)23-18-6-5-17(21-22-18)20-12-14-7-9-19-10-8-14/h3-11H,12H2,1-2H3,(H,20,21)(H,22,23). The maximum atomic E-state index is 12.6. The third-order valence-corrected chi connectivity index (χ3v) is 5.31. The second-order valence-corrected chi connectivity index (χ2v) is 7.40. The van der Waals surface area contributed by atoms with Gasteiger partial charge in [-0.05, 0) is 60.5 Å². The van der Waals surface area contributed by atoms with Crippen molar-refractivity contribution in [2.45, 2.75) is 18.4 Å². The number of pyridine rings is 1. The molecule has 0 unspecified atom stereocenters. The molecule has 3 rings (SSSR count). The van der Waals surface area contributed by atoms with Gasteiger partial charge in [-0.3, -0.25) is 9.71 Å². The van der Waals surface area contributed by atoms with Crippen LogP contribution in [0, 0.1) is 6.92 Å². The summed E-state index contributed by atoms with van der Waals surface area (Å²) in [5.41, 5.74) is 1.62. The second-order valence-electron chi connectivity index (χ2n) is 5.75. The number of ether oxygens (including phenoxy) is 1. The molecular weight excluding hydrogens is 366 g/mol. The van der Waals surface area contributed by atoms with Gasteiger partial charge in [-0.15, -0.1) is 10.2 Å². The van der Waals surface area contributed by atoms with Gasteiger partial charge in [0.25, 0.3) is 10.0 Å². The van der Waals surface area contributed by atoms with Gasteiger partial charge in [0.05, 0.1) is 12.0 Å². The molecule has 0 saturated carbocycles. The van der Waals surface area contributed by atoms with Gasteiger partial charge in [-0.2, -0.15) is 0 Å². The van der Waals surface area contributed by atoms with Crippen LogP contribution in [0.25, 0.3) is 0 Å². The highest BCUT2D eigenvalue weighted by Gasteiger charge is 2.18. The van der Waals surface area contributed by atoms with Crippen LogP contribution in [0.15, 0.2) is 59.8 Å². The lowest BCUT2D eigenvalue weighted by atomic mass is 10.2.